The molecule has 240 valence electrons. The summed E-state index contributed by atoms with van der Waals surface area (Å²) in [4.78, 5) is 57.6. The van der Waals surface area contributed by atoms with Crippen LogP contribution in [0.25, 0.3) is 0 Å². The van der Waals surface area contributed by atoms with Gasteiger partial charge in [0.25, 0.3) is 0 Å². The molecule has 0 aromatic heterocycles. The average Bonchev–Trinajstić information content (AvgIpc) is 2.89. The van der Waals surface area contributed by atoms with Gasteiger partial charge in [0, 0.05) is 24.3 Å². The van der Waals surface area contributed by atoms with Gasteiger partial charge < -0.3 is 29.4 Å². The van der Waals surface area contributed by atoms with Crippen LogP contribution in [0, 0.1) is 5.92 Å². The summed E-state index contributed by atoms with van der Waals surface area (Å²) in [6.07, 6.45) is 4.00. The van der Waals surface area contributed by atoms with Crippen LogP contribution in [0.4, 0.5) is 0 Å². The third kappa shape index (κ3) is 18.4. The van der Waals surface area contributed by atoms with E-state index in [9.17, 15) is 28.5 Å². The first-order valence-corrected chi connectivity index (χ1v) is 14.2. The van der Waals surface area contributed by atoms with Gasteiger partial charge in [0.2, 0.25) is 6.79 Å². The van der Waals surface area contributed by atoms with E-state index in [-0.39, 0.29) is 19.6 Å². The SMILES string of the molecule is COC(=O)/C=C/C(=O)OCCOC(=O)[C@@H](N)C(C)CCC(C)(C)OP(=O)(OCOC(=O)/C=C/C(=O)OC)OC(C)(C)C. The molecular formula is C26H42NO14P. The monoisotopic (exact) mass is 623 g/mol. The van der Waals surface area contributed by atoms with Crippen molar-refractivity contribution < 1.29 is 65.8 Å². The van der Waals surface area contributed by atoms with Crippen molar-refractivity contribution in [2.24, 2.45) is 11.7 Å². The highest BCUT2D eigenvalue weighted by atomic mass is 31.2. The second-order valence-electron chi connectivity index (χ2n) is 10.3. The minimum atomic E-state index is -4.29. The highest BCUT2D eigenvalue weighted by Gasteiger charge is 2.39. The first-order valence-electron chi connectivity index (χ1n) is 12.8. The zero-order valence-corrected chi connectivity index (χ0v) is 26.1. The molecule has 0 fully saturated rings. The summed E-state index contributed by atoms with van der Waals surface area (Å²) < 4.78 is 53.2. The van der Waals surface area contributed by atoms with Crippen molar-refractivity contribution in [3.8, 4) is 0 Å². The van der Waals surface area contributed by atoms with Crippen molar-refractivity contribution in [3.63, 3.8) is 0 Å². The summed E-state index contributed by atoms with van der Waals surface area (Å²) in [6, 6.07) is -1.03. The van der Waals surface area contributed by atoms with E-state index in [2.05, 4.69) is 9.47 Å². The molecule has 0 aliphatic carbocycles. The Balaban J connectivity index is 4.92. The number of hydrogen-bond acceptors (Lipinski definition) is 15. The molecule has 0 aromatic carbocycles. The second-order valence-corrected chi connectivity index (χ2v) is 11.8. The number of hydrogen-bond donors (Lipinski definition) is 1. The number of esters is 5. The molecule has 0 aliphatic heterocycles. The van der Waals surface area contributed by atoms with E-state index < -0.39 is 67.6 Å². The van der Waals surface area contributed by atoms with Gasteiger partial charge in [-0.15, -0.1) is 0 Å². The fraction of sp³-hybridized carbons (Fsp3) is 0.654. The van der Waals surface area contributed by atoms with Crippen LogP contribution in [0.2, 0.25) is 0 Å². The van der Waals surface area contributed by atoms with Crippen LogP contribution >= 0.6 is 7.82 Å². The van der Waals surface area contributed by atoms with Crippen molar-refractivity contribution in [1.29, 1.82) is 0 Å². The molecule has 2 unspecified atom stereocenters. The number of rotatable bonds is 18. The minimum Gasteiger partial charge on any atom is -0.466 e. The Morgan fingerprint density at radius 1 is 0.762 bits per heavy atom. The van der Waals surface area contributed by atoms with E-state index in [1.54, 1.807) is 41.5 Å². The van der Waals surface area contributed by atoms with Gasteiger partial charge in [0.15, 0.2) is 0 Å². The Morgan fingerprint density at radius 3 is 1.74 bits per heavy atom. The number of nitrogens with two attached hydrogens (primary N) is 1. The number of methoxy groups -OCH3 is 2. The largest absolute Gasteiger partial charge is 0.478 e. The van der Waals surface area contributed by atoms with Gasteiger partial charge >= 0.3 is 37.7 Å². The molecule has 0 amide bonds. The number of phosphoric acid groups is 1. The lowest BCUT2D eigenvalue weighted by Gasteiger charge is -2.33. The van der Waals surface area contributed by atoms with Gasteiger partial charge in [0.1, 0.15) is 19.3 Å². The molecular weight excluding hydrogens is 581 g/mol. The average molecular weight is 624 g/mol. The second kappa shape index (κ2) is 18.4. The fourth-order valence-electron chi connectivity index (χ4n) is 2.78. The molecule has 15 nitrogen and oxygen atoms in total. The summed E-state index contributed by atoms with van der Waals surface area (Å²) >= 11 is 0. The molecule has 16 heteroatoms. The first kappa shape index (κ1) is 38.9. The number of carbonyl (C=O) groups excluding carboxylic acids is 5. The molecule has 0 radical (unpaired) electrons. The normalized spacial score (nSPS) is 15.0. The Morgan fingerprint density at radius 2 is 1.24 bits per heavy atom. The molecule has 0 saturated carbocycles. The number of carbonyl (C=O) groups is 5. The van der Waals surface area contributed by atoms with Gasteiger partial charge in [-0.05, 0) is 53.4 Å². The molecule has 2 N–H and O–H groups in total. The molecule has 42 heavy (non-hydrogen) atoms. The van der Waals surface area contributed by atoms with E-state index >= 15 is 0 Å². The quantitative estimate of drug-likeness (QED) is 0.0582. The molecule has 0 aromatic rings. The molecule has 0 rings (SSSR count). The van der Waals surface area contributed by atoms with E-state index in [1.165, 1.54) is 0 Å². The van der Waals surface area contributed by atoms with Crippen LogP contribution in [0.3, 0.4) is 0 Å². The Labute approximate surface area is 245 Å². The van der Waals surface area contributed by atoms with Gasteiger partial charge in [-0.1, -0.05) is 6.92 Å². The number of phosphoric ester groups is 1. The highest BCUT2D eigenvalue weighted by molar-refractivity contribution is 7.48. The van der Waals surface area contributed by atoms with E-state index in [1.807, 2.05) is 0 Å². The van der Waals surface area contributed by atoms with Crippen molar-refractivity contribution in [2.45, 2.75) is 71.6 Å². The molecule has 0 spiro atoms. The van der Waals surface area contributed by atoms with Crippen LogP contribution in [0.15, 0.2) is 24.3 Å². The smallest absolute Gasteiger partial charge is 0.466 e. The lowest BCUT2D eigenvalue weighted by Crippen LogP contribution is -2.39. The Hall–Kier alpha value is -3.10. The predicted octanol–water partition coefficient (Wildman–Crippen LogP) is 2.51. The van der Waals surface area contributed by atoms with E-state index in [4.69, 9.17) is 33.5 Å². The first-order chi connectivity index (χ1) is 19.3. The van der Waals surface area contributed by atoms with Crippen molar-refractivity contribution in [2.75, 3.05) is 34.2 Å². The van der Waals surface area contributed by atoms with Crippen molar-refractivity contribution in [1.82, 2.24) is 0 Å². The molecule has 0 saturated heterocycles. The minimum absolute atomic E-state index is 0.251. The van der Waals surface area contributed by atoms with Crippen molar-refractivity contribution >= 4 is 37.7 Å². The fourth-order valence-corrected chi connectivity index (χ4v) is 4.47. The summed E-state index contributed by atoms with van der Waals surface area (Å²) in [5, 5.41) is 0. The van der Waals surface area contributed by atoms with Crippen LogP contribution in [-0.2, 0) is 65.8 Å². The summed E-state index contributed by atoms with van der Waals surface area (Å²) in [5.74, 6) is -4.40. The zero-order valence-electron chi connectivity index (χ0n) is 25.2. The molecule has 3 atom stereocenters. The number of ether oxygens (including phenoxy) is 5. The summed E-state index contributed by atoms with van der Waals surface area (Å²) in [7, 11) is -2.00. The van der Waals surface area contributed by atoms with Gasteiger partial charge in [-0.25, -0.2) is 28.3 Å². The van der Waals surface area contributed by atoms with Crippen LogP contribution in [0.5, 0.6) is 0 Å². The van der Waals surface area contributed by atoms with Crippen molar-refractivity contribution in [3.05, 3.63) is 24.3 Å². The third-order valence-electron chi connectivity index (χ3n) is 4.93. The lowest BCUT2D eigenvalue weighted by molar-refractivity contribution is -0.152. The van der Waals surface area contributed by atoms with E-state index in [0.29, 0.717) is 6.42 Å². The van der Waals surface area contributed by atoms with Gasteiger partial charge in [-0.3, -0.25) is 13.8 Å². The maximum absolute atomic E-state index is 13.4. The van der Waals surface area contributed by atoms with E-state index in [0.717, 1.165) is 38.5 Å². The maximum atomic E-state index is 13.4. The van der Waals surface area contributed by atoms with Crippen LogP contribution in [0.1, 0.15) is 54.4 Å². The molecule has 0 aliphatic rings. The maximum Gasteiger partial charge on any atom is 0.478 e. The molecule has 0 bridgehead atoms. The Kier molecular flexibility index (Phi) is 17.1. The third-order valence-corrected chi connectivity index (χ3v) is 6.84. The highest BCUT2D eigenvalue weighted by Crippen LogP contribution is 2.56. The zero-order chi connectivity index (χ0) is 32.6. The van der Waals surface area contributed by atoms with Gasteiger partial charge in [0.05, 0.1) is 25.4 Å². The topological polar surface area (TPSA) is 202 Å². The molecule has 0 heterocycles. The van der Waals surface area contributed by atoms with Crippen LogP contribution < -0.4 is 5.73 Å². The van der Waals surface area contributed by atoms with Crippen LogP contribution in [-0.4, -0.2) is 81.3 Å². The summed E-state index contributed by atoms with van der Waals surface area (Å²) in [5.41, 5.74) is 3.93. The lowest BCUT2D eigenvalue weighted by atomic mass is 9.91. The van der Waals surface area contributed by atoms with Gasteiger partial charge in [-0.2, -0.15) is 0 Å². The predicted molar refractivity (Wildman–Crippen MR) is 146 cm³/mol. The summed E-state index contributed by atoms with van der Waals surface area (Å²) in [6.45, 7) is 8.53. The standard InChI is InChI=1S/C26H42NO14P/c1-18(23(27)24(32)37-16-15-36-21(30)11-9-19(28)34-7)13-14-26(5,6)41-42(33,40-25(2,3)4)39-17-38-22(31)12-10-20(29)35-8/h9-12,18,23H,13-17,27H2,1-8H3/b11-9+,12-10+/t18?,23-,42?/m0/s1. The Bertz CT molecular complexity index is 1030.